The summed E-state index contributed by atoms with van der Waals surface area (Å²) in [6, 6.07) is 15.4. The van der Waals surface area contributed by atoms with Gasteiger partial charge in [-0.3, -0.25) is 4.79 Å². The van der Waals surface area contributed by atoms with Crippen LogP contribution in [0.4, 0.5) is 4.79 Å². The lowest BCUT2D eigenvalue weighted by Crippen LogP contribution is -2.52. The monoisotopic (exact) mass is 478 g/mol. The van der Waals surface area contributed by atoms with Crippen molar-refractivity contribution in [3.63, 3.8) is 0 Å². The number of nitrogens with one attached hydrogen (secondary N) is 2. The third kappa shape index (κ3) is 4.75. The molecule has 2 aromatic rings. The summed E-state index contributed by atoms with van der Waals surface area (Å²) in [6.45, 7) is 0.511. The van der Waals surface area contributed by atoms with Crippen LogP contribution >= 0.6 is 0 Å². The van der Waals surface area contributed by atoms with Gasteiger partial charge < -0.3 is 25.2 Å². The molecular weight excluding hydrogens is 448 g/mol. The average molecular weight is 479 g/mol. The number of carboxylic acids is 1. The molecule has 1 heterocycles. The van der Waals surface area contributed by atoms with Crippen LogP contribution in [0.3, 0.4) is 0 Å². The number of carbonyl (C=O) groups excluding carboxylic acids is 2. The number of hydrogen-bond acceptors (Lipinski definition) is 5. The largest absolute Gasteiger partial charge is 0.479 e. The molecule has 2 aliphatic carbocycles. The number of carboxylic acid groups (broad SMARTS) is 1. The molecule has 8 heteroatoms. The Bertz CT molecular complexity index is 1070. The number of benzene rings is 2. The normalized spacial score (nSPS) is 25.4. The van der Waals surface area contributed by atoms with E-state index in [-0.39, 0.29) is 24.5 Å². The molecule has 2 fully saturated rings. The predicted molar refractivity (Wildman–Crippen MR) is 128 cm³/mol. The topological polar surface area (TPSA) is 114 Å². The van der Waals surface area contributed by atoms with Gasteiger partial charge in [-0.1, -0.05) is 61.4 Å². The number of rotatable bonds is 6. The lowest BCUT2D eigenvalue weighted by Gasteiger charge is -2.32. The van der Waals surface area contributed by atoms with Gasteiger partial charge in [0.15, 0.2) is 6.10 Å². The van der Waals surface area contributed by atoms with Crippen LogP contribution in [0.1, 0.15) is 49.1 Å². The van der Waals surface area contributed by atoms with Gasteiger partial charge in [-0.05, 0) is 41.5 Å². The lowest BCUT2D eigenvalue weighted by atomic mass is 9.83. The predicted octanol–water partition coefficient (Wildman–Crippen LogP) is 3.44. The smallest absolute Gasteiger partial charge is 0.407 e. The highest BCUT2D eigenvalue weighted by molar-refractivity contribution is 5.83. The Morgan fingerprint density at radius 3 is 2.23 bits per heavy atom. The molecule has 1 saturated carbocycles. The zero-order valence-electron chi connectivity index (χ0n) is 19.4. The molecule has 1 saturated heterocycles. The SMILES string of the molecule is O=C(N[C@H]1CCCC[C@H]1C(=O)NC1CCOC1C(=O)O)OCC1c2ccccc2-c2ccccc21. The maximum absolute atomic E-state index is 13.0. The van der Waals surface area contributed by atoms with Gasteiger partial charge in [-0.2, -0.15) is 0 Å². The molecule has 0 radical (unpaired) electrons. The fourth-order valence-electron chi connectivity index (χ4n) is 5.68. The molecule has 184 valence electrons. The van der Waals surface area contributed by atoms with E-state index in [1.165, 1.54) is 0 Å². The van der Waals surface area contributed by atoms with Crippen molar-refractivity contribution < 1.29 is 29.0 Å². The molecule has 4 atom stereocenters. The number of amides is 2. The molecular formula is C27H30N2O6. The molecule has 0 aromatic heterocycles. The van der Waals surface area contributed by atoms with Crippen molar-refractivity contribution in [2.24, 2.45) is 5.92 Å². The van der Waals surface area contributed by atoms with Crippen molar-refractivity contribution in [1.82, 2.24) is 10.6 Å². The highest BCUT2D eigenvalue weighted by atomic mass is 16.5. The van der Waals surface area contributed by atoms with Gasteiger partial charge in [0.05, 0.1) is 12.0 Å². The lowest BCUT2D eigenvalue weighted by molar-refractivity contribution is -0.148. The molecule has 2 unspecified atom stereocenters. The Balaban J connectivity index is 1.21. The van der Waals surface area contributed by atoms with E-state index < -0.39 is 30.1 Å². The van der Waals surface area contributed by atoms with Crippen molar-refractivity contribution in [1.29, 1.82) is 0 Å². The van der Waals surface area contributed by atoms with E-state index in [0.29, 0.717) is 25.9 Å². The Morgan fingerprint density at radius 1 is 0.886 bits per heavy atom. The average Bonchev–Trinajstić information content (AvgIpc) is 3.46. The summed E-state index contributed by atoms with van der Waals surface area (Å²) in [5, 5.41) is 15.1. The van der Waals surface area contributed by atoms with Gasteiger partial charge in [0.2, 0.25) is 5.91 Å². The van der Waals surface area contributed by atoms with Crippen LogP contribution in [0.5, 0.6) is 0 Å². The minimum Gasteiger partial charge on any atom is -0.479 e. The highest BCUT2D eigenvalue weighted by Crippen LogP contribution is 2.44. The first-order valence-corrected chi connectivity index (χ1v) is 12.3. The molecule has 5 rings (SSSR count). The highest BCUT2D eigenvalue weighted by Gasteiger charge is 2.39. The van der Waals surface area contributed by atoms with Crippen molar-refractivity contribution in [2.45, 2.75) is 56.2 Å². The number of aliphatic carboxylic acids is 1. The molecule has 35 heavy (non-hydrogen) atoms. The number of fused-ring (bicyclic) bond motifs is 3. The molecule has 0 spiro atoms. The summed E-state index contributed by atoms with van der Waals surface area (Å²) in [7, 11) is 0. The van der Waals surface area contributed by atoms with Gasteiger partial charge in [0.25, 0.3) is 0 Å². The molecule has 2 amide bonds. The molecule has 8 nitrogen and oxygen atoms in total. The standard InChI is InChI=1S/C27H30N2O6/c30-25(28-23-13-14-34-24(23)26(31)32)20-11-5-6-12-22(20)29-27(33)35-15-21-18-9-3-1-7-16(18)17-8-2-4-10-19(17)21/h1-4,7-10,20-24H,5-6,11-15H2,(H,28,30)(H,29,33)(H,31,32)/t20-,22+,23?,24?/m1/s1. The van der Waals surface area contributed by atoms with Crippen LogP contribution < -0.4 is 10.6 Å². The number of carbonyl (C=O) groups is 3. The van der Waals surface area contributed by atoms with Crippen LogP contribution in [-0.2, 0) is 19.1 Å². The second-order valence-electron chi connectivity index (χ2n) is 9.50. The van der Waals surface area contributed by atoms with Gasteiger partial charge in [0.1, 0.15) is 6.61 Å². The Morgan fingerprint density at radius 2 is 1.54 bits per heavy atom. The quantitative estimate of drug-likeness (QED) is 0.586. The second kappa shape index (κ2) is 10.1. The van der Waals surface area contributed by atoms with Crippen LogP contribution in [0.15, 0.2) is 48.5 Å². The summed E-state index contributed by atoms with van der Waals surface area (Å²) < 4.78 is 10.9. The third-order valence-corrected chi connectivity index (χ3v) is 7.41. The van der Waals surface area contributed by atoms with Crippen molar-refractivity contribution in [3.05, 3.63) is 59.7 Å². The molecule has 0 bridgehead atoms. The zero-order chi connectivity index (χ0) is 24.4. The van der Waals surface area contributed by atoms with Crippen molar-refractivity contribution >= 4 is 18.0 Å². The van der Waals surface area contributed by atoms with E-state index in [0.717, 1.165) is 35.1 Å². The minimum absolute atomic E-state index is 0.0334. The van der Waals surface area contributed by atoms with E-state index >= 15 is 0 Å². The summed E-state index contributed by atoms with van der Waals surface area (Å²) in [6.07, 6.45) is 1.98. The van der Waals surface area contributed by atoms with E-state index in [4.69, 9.17) is 9.47 Å². The van der Waals surface area contributed by atoms with Crippen LogP contribution in [0.25, 0.3) is 11.1 Å². The first-order chi connectivity index (χ1) is 17.0. The maximum atomic E-state index is 13.0. The van der Waals surface area contributed by atoms with Gasteiger partial charge in [0, 0.05) is 18.6 Å². The van der Waals surface area contributed by atoms with Gasteiger partial charge in [-0.15, -0.1) is 0 Å². The molecule has 3 N–H and O–H groups in total. The van der Waals surface area contributed by atoms with E-state index in [1.54, 1.807) is 0 Å². The Labute approximate surface area is 204 Å². The summed E-state index contributed by atoms with van der Waals surface area (Å²) in [5.74, 6) is -1.78. The van der Waals surface area contributed by atoms with Crippen molar-refractivity contribution in [3.8, 4) is 11.1 Å². The van der Waals surface area contributed by atoms with Gasteiger partial charge >= 0.3 is 12.1 Å². The van der Waals surface area contributed by atoms with Crippen LogP contribution in [-0.4, -0.2) is 54.5 Å². The Hall–Kier alpha value is -3.39. The molecule has 1 aliphatic heterocycles. The van der Waals surface area contributed by atoms with Crippen LogP contribution in [0.2, 0.25) is 0 Å². The maximum Gasteiger partial charge on any atom is 0.407 e. The zero-order valence-corrected chi connectivity index (χ0v) is 19.4. The summed E-state index contributed by atoms with van der Waals surface area (Å²) >= 11 is 0. The number of ether oxygens (including phenoxy) is 2. The third-order valence-electron chi connectivity index (χ3n) is 7.41. The van der Waals surface area contributed by atoms with Crippen molar-refractivity contribution in [2.75, 3.05) is 13.2 Å². The molecule has 3 aliphatic rings. The first kappa shape index (κ1) is 23.4. The first-order valence-electron chi connectivity index (χ1n) is 12.3. The van der Waals surface area contributed by atoms with Gasteiger partial charge in [-0.25, -0.2) is 9.59 Å². The van der Waals surface area contributed by atoms with E-state index in [1.807, 2.05) is 24.3 Å². The van der Waals surface area contributed by atoms with Crippen LogP contribution in [0, 0.1) is 5.92 Å². The molecule has 2 aromatic carbocycles. The van der Waals surface area contributed by atoms with E-state index in [9.17, 15) is 19.5 Å². The second-order valence-corrected chi connectivity index (χ2v) is 9.50. The number of hydrogen-bond donors (Lipinski definition) is 3. The Kier molecular flexibility index (Phi) is 6.72. The summed E-state index contributed by atoms with van der Waals surface area (Å²) in [5.41, 5.74) is 4.61. The minimum atomic E-state index is -1.08. The fraction of sp³-hybridized carbons (Fsp3) is 0.444. The fourth-order valence-corrected chi connectivity index (χ4v) is 5.68. The summed E-state index contributed by atoms with van der Waals surface area (Å²) in [4.78, 5) is 37.2. The number of alkyl carbamates (subject to hydrolysis) is 1. The van der Waals surface area contributed by atoms with E-state index in [2.05, 4.69) is 34.9 Å².